The fourth-order valence-electron chi connectivity index (χ4n) is 2.32. The molecule has 88 valence electrons. The van der Waals surface area contributed by atoms with Gasteiger partial charge in [0.05, 0.1) is 0 Å². The van der Waals surface area contributed by atoms with Crippen LogP contribution in [0, 0.1) is 5.82 Å². The monoisotopic (exact) mass is 242 g/mol. The Balaban J connectivity index is 2.24. The minimum absolute atomic E-state index is 0.0932. The molecule has 16 heavy (non-hydrogen) atoms. The summed E-state index contributed by atoms with van der Waals surface area (Å²) in [7, 11) is 0. The SMILES string of the molecule is NCC(c1cc(F)cc(Cl)c1)N1CCCC1. The van der Waals surface area contributed by atoms with Crippen LogP contribution in [0.25, 0.3) is 0 Å². The van der Waals surface area contributed by atoms with Crippen LogP contribution in [0.15, 0.2) is 18.2 Å². The second kappa shape index (κ2) is 5.13. The van der Waals surface area contributed by atoms with Crippen molar-refractivity contribution in [1.29, 1.82) is 0 Å². The van der Waals surface area contributed by atoms with Crippen molar-refractivity contribution in [2.24, 2.45) is 5.73 Å². The van der Waals surface area contributed by atoms with Crippen molar-refractivity contribution in [3.63, 3.8) is 0 Å². The van der Waals surface area contributed by atoms with Crippen LogP contribution in [0.1, 0.15) is 24.4 Å². The van der Waals surface area contributed by atoms with Gasteiger partial charge in [-0.05, 0) is 49.7 Å². The summed E-state index contributed by atoms with van der Waals surface area (Å²) >= 11 is 5.86. The zero-order valence-electron chi connectivity index (χ0n) is 9.13. The summed E-state index contributed by atoms with van der Waals surface area (Å²) in [6, 6.07) is 4.75. The van der Waals surface area contributed by atoms with Crippen molar-refractivity contribution in [2.45, 2.75) is 18.9 Å². The Morgan fingerprint density at radius 3 is 2.56 bits per heavy atom. The second-order valence-electron chi connectivity index (χ2n) is 4.20. The second-order valence-corrected chi connectivity index (χ2v) is 4.63. The Kier molecular flexibility index (Phi) is 3.79. The minimum Gasteiger partial charge on any atom is -0.329 e. The Morgan fingerprint density at radius 2 is 2.00 bits per heavy atom. The van der Waals surface area contributed by atoms with Crippen molar-refractivity contribution in [3.05, 3.63) is 34.6 Å². The zero-order chi connectivity index (χ0) is 11.5. The molecule has 1 aliphatic heterocycles. The molecule has 1 aromatic carbocycles. The van der Waals surface area contributed by atoms with Crippen LogP contribution in [0.3, 0.4) is 0 Å². The summed E-state index contributed by atoms with van der Waals surface area (Å²) in [5.74, 6) is -0.292. The summed E-state index contributed by atoms with van der Waals surface area (Å²) in [5.41, 5.74) is 6.66. The molecule has 1 aliphatic rings. The summed E-state index contributed by atoms with van der Waals surface area (Å²) in [4.78, 5) is 2.30. The van der Waals surface area contributed by atoms with E-state index in [1.165, 1.54) is 25.0 Å². The number of nitrogens with zero attached hydrogens (tertiary/aromatic N) is 1. The molecular formula is C12H16ClFN2. The first kappa shape index (κ1) is 11.8. The first-order valence-corrected chi connectivity index (χ1v) is 5.98. The van der Waals surface area contributed by atoms with E-state index in [2.05, 4.69) is 4.90 Å². The van der Waals surface area contributed by atoms with Crippen LogP contribution < -0.4 is 5.73 Å². The largest absolute Gasteiger partial charge is 0.329 e. The maximum Gasteiger partial charge on any atom is 0.125 e. The zero-order valence-corrected chi connectivity index (χ0v) is 9.88. The highest BCUT2D eigenvalue weighted by atomic mass is 35.5. The maximum atomic E-state index is 13.3. The number of rotatable bonds is 3. The standard InChI is InChI=1S/C12H16ClFN2/c13-10-5-9(6-11(14)7-10)12(8-15)16-3-1-2-4-16/h5-7,12H,1-4,8,15H2. The van der Waals surface area contributed by atoms with Crippen molar-refractivity contribution < 1.29 is 4.39 Å². The van der Waals surface area contributed by atoms with Gasteiger partial charge in [0.25, 0.3) is 0 Å². The molecule has 1 atom stereocenters. The fraction of sp³-hybridized carbons (Fsp3) is 0.500. The van der Waals surface area contributed by atoms with E-state index in [1.54, 1.807) is 6.07 Å². The highest BCUT2D eigenvalue weighted by molar-refractivity contribution is 6.30. The van der Waals surface area contributed by atoms with Gasteiger partial charge >= 0.3 is 0 Å². The molecule has 0 amide bonds. The lowest BCUT2D eigenvalue weighted by Crippen LogP contribution is -2.31. The van der Waals surface area contributed by atoms with Gasteiger partial charge < -0.3 is 5.73 Å². The molecule has 1 heterocycles. The van der Waals surface area contributed by atoms with Crippen molar-refractivity contribution in [3.8, 4) is 0 Å². The molecule has 0 bridgehead atoms. The van der Waals surface area contributed by atoms with Crippen LogP contribution in [0.2, 0.25) is 5.02 Å². The first-order valence-electron chi connectivity index (χ1n) is 5.61. The van der Waals surface area contributed by atoms with Gasteiger partial charge in [0, 0.05) is 17.6 Å². The van der Waals surface area contributed by atoms with E-state index >= 15 is 0 Å². The molecular weight excluding hydrogens is 227 g/mol. The normalized spacial score (nSPS) is 18.9. The van der Waals surface area contributed by atoms with E-state index in [4.69, 9.17) is 17.3 Å². The van der Waals surface area contributed by atoms with Crippen molar-refractivity contribution in [1.82, 2.24) is 4.90 Å². The predicted octanol–water partition coefficient (Wildman–Crippen LogP) is 2.57. The van der Waals surface area contributed by atoms with Crippen LogP contribution >= 0.6 is 11.6 Å². The van der Waals surface area contributed by atoms with E-state index in [1.807, 2.05) is 0 Å². The average Bonchev–Trinajstić information content (AvgIpc) is 2.70. The fourth-order valence-corrected chi connectivity index (χ4v) is 2.55. The summed E-state index contributed by atoms with van der Waals surface area (Å²) < 4.78 is 13.3. The molecule has 0 aliphatic carbocycles. The van der Waals surface area contributed by atoms with Gasteiger partial charge in [-0.15, -0.1) is 0 Å². The highest BCUT2D eigenvalue weighted by Crippen LogP contribution is 2.26. The lowest BCUT2D eigenvalue weighted by atomic mass is 10.1. The number of halogens is 2. The number of likely N-dealkylation sites (tertiary alicyclic amines) is 1. The minimum atomic E-state index is -0.292. The van der Waals surface area contributed by atoms with Crippen molar-refractivity contribution >= 4 is 11.6 Å². The van der Waals surface area contributed by atoms with Crippen molar-refractivity contribution in [2.75, 3.05) is 19.6 Å². The number of hydrogen-bond acceptors (Lipinski definition) is 2. The van der Waals surface area contributed by atoms with Crippen LogP contribution in [-0.4, -0.2) is 24.5 Å². The Morgan fingerprint density at radius 1 is 1.31 bits per heavy atom. The Labute approximate surface area is 100 Å². The first-order chi connectivity index (χ1) is 7.70. The molecule has 4 heteroatoms. The molecule has 0 saturated carbocycles. The van der Waals surface area contributed by atoms with Gasteiger partial charge in [0.2, 0.25) is 0 Å². The van der Waals surface area contributed by atoms with Gasteiger partial charge in [-0.2, -0.15) is 0 Å². The van der Waals surface area contributed by atoms with E-state index in [0.29, 0.717) is 11.6 Å². The van der Waals surface area contributed by atoms with Crippen LogP contribution in [0.4, 0.5) is 4.39 Å². The van der Waals surface area contributed by atoms with E-state index in [9.17, 15) is 4.39 Å². The number of benzene rings is 1. The van der Waals surface area contributed by atoms with Gasteiger partial charge in [0.1, 0.15) is 5.82 Å². The molecule has 1 unspecified atom stereocenters. The summed E-state index contributed by atoms with van der Waals surface area (Å²) in [6.45, 7) is 2.58. The lowest BCUT2D eigenvalue weighted by molar-refractivity contribution is 0.251. The Bertz CT molecular complexity index is 344. The van der Waals surface area contributed by atoms with Crippen LogP contribution in [-0.2, 0) is 0 Å². The average molecular weight is 243 g/mol. The van der Waals surface area contributed by atoms with Gasteiger partial charge in [-0.1, -0.05) is 11.6 Å². The maximum absolute atomic E-state index is 13.3. The van der Waals surface area contributed by atoms with E-state index in [-0.39, 0.29) is 11.9 Å². The van der Waals surface area contributed by atoms with E-state index < -0.39 is 0 Å². The van der Waals surface area contributed by atoms with Gasteiger partial charge in [-0.25, -0.2) is 4.39 Å². The molecule has 0 aromatic heterocycles. The number of hydrogen-bond donors (Lipinski definition) is 1. The third-order valence-electron chi connectivity index (χ3n) is 3.07. The van der Waals surface area contributed by atoms with Gasteiger partial charge in [-0.3, -0.25) is 4.90 Å². The molecule has 1 fully saturated rings. The molecule has 1 saturated heterocycles. The molecule has 0 spiro atoms. The predicted molar refractivity (Wildman–Crippen MR) is 64.0 cm³/mol. The van der Waals surface area contributed by atoms with Crippen LogP contribution in [0.5, 0.6) is 0 Å². The quantitative estimate of drug-likeness (QED) is 0.883. The summed E-state index contributed by atoms with van der Waals surface area (Å²) in [6.07, 6.45) is 2.39. The van der Waals surface area contributed by atoms with Gasteiger partial charge in [0.15, 0.2) is 0 Å². The third kappa shape index (κ3) is 2.54. The highest BCUT2D eigenvalue weighted by Gasteiger charge is 2.22. The molecule has 2 nitrogen and oxygen atoms in total. The third-order valence-corrected chi connectivity index (χ3v) is 3.29. The molecule has 2 rings (SSSR count). The smallest absolute Gasteiger partial charge is 0.125 e. The lowest BCUT2D eigenvalue weighted by Gasteiger charge is -2.26. The Hall–Kier alpha value is -0.640. The summed E-state index contributed by atoms with van der Waals surface area (Å²) in [5, 5.41) is 0.438. The topological polar surface area (TPSA) is 29.3 Å². The van der Waals surface area contributed by atoms with E-state index in [0.717, 1.165) is 18.7 Å². The molecule has 1 aromatic rings. The molecule has 0 radical (unpaired) electrons. The molecule has 2 N–H and O–H groups in total. The number of nitrogens with two attached hydrogens (primary N) is 1.